The third kappa shape index (κ3) is 1.76. The zero-order chi connectivity index (χ0) is 11.0. The summed E-state index contributed by atoms with van der Waals surface area (Å²) in [4.78, 5) is 2.57. The van der Waals surface area contributed by atoms with Gasteiger partial charge in [-0.05, 0) is 5.56 Å². The molecular weight excluding hydrogens is 198 g/mol. The van der Waals surface area contributed by atoms with E-state index in [0.717, 1.165) is 25.7 Å². The van der Waals surface area contributed by atoms with Gasteiger partial charge < -0.3 is 4.74 Å². The summed E-state index contributed by atoms with van der Waals surface area (Å²) in [6.45, 7) is 7.76. The van der Waals surface area contributed by atoms with Gasteiger partial charge >= 0.3 is 0 Å². The van der Waals surface area contributed by atoms with E-state index >= 15 is 0 Å². The summed E-state index contributed by atoms with van der Waals surface area (Å²) in [5.41, 5.74) is 1.83. The van der Waals surface area contributed by atoms with E-state index in [0.29, 0.717) is 5.41 Å². The first-order valence-corrected chi connectivity index (χ1v) is 6.10. The first kappa shape index (κ1) is 10.3. The minimum Gasteiger partial charge on any atom is -0.380 e. The van der Waals surface area contributed by atoms with E-state index in [1.807, 2.05) is 0 Å². The predicted octanol–water partition coefficient (Wildman–Crippen LogP) is 2.15. The number of ether oxygens (including phenoxy) is 1. The number of fused-ring (bicyclic) bond motifs is 1. The average molecular weight is 217 g/mol. The quantitative estimate of drug-likeness (QED) is 0.752. The Morgan fingerprint density at radius 2 is 2.19 bits per heavy atom. The Hall–Kier alpha value is -0.860. The van der Waals surface area contributed by atoms with Gasteiger partial charge in [0.2, 0.25) is 0 Å². The zero-order valence-corrected chi connectivity index (χ0v) is 9.86. The number of hydrogen-bond acceptors (Lipinski definition) is 2. The number of hydrogen-bond donors (Lipinski definition) is 0. The highest BCUT2D eigenvalue weighted by atomic mass is 16.5. The Morgan fingerprint density at radius 3 is 2.94 bits per heavy atom. The van der Waals surface area contributed by atoms with E-state index in [1.165, 1.54) is 18.7 Å². The molecule has 2 aliphatic rings. The smallest absolute Gasteiger partial charge is 0.0536 e. The molecule has 0 spiro atoms. The van der Waals surface area contributed by atoms with Crippen LogP contribution < -0.4 is 0 Å². The summed E-state index contributed by atoms with van der Waals surface area (Å²) < 4.78 is 5.59. The van der Waals surface area contributed by atoms with E-state index in [1.54, 1.807) is 0 Å². The Morgan fingerprint density at radius 1 is 1.38 bits per heavy atom. The molecule has 1 aromatic rings. The van der Waals surface area contributed by atoms with Gasteiger partial charge in [0.15, 0.2) is 0 Å². The largest absolute Gasteiger partial charge is 0.380 e. The Labute approximate surface area is 97.2 Å². The van der Waals surface area contributed by atoms with Crippen LogP contribution in [0.25, 0.3) is 0 Å². The molecule has 0 amide bonds. The molecule has 16 heavy (non-hydrogen) atoms. The summed E-state index contributed by atoms with van der Waals surface area (Å²) in [7, 11) is 0. The molecule has 2 heteroatoms. The molecule has 2 atom stereocenters. The standard InChI is InChI=1S/C14H19NO/c1-14-10-15(8-13(14)9-16-11-14)7-12-5-3-2-4-6-12/h2-6,13H,7-11H2,1H3. The van der Waals surface area contributed by atoms with Gasteiger partial charge in [-0.15, -0.1) is 0 Å². The van der Waals surface area contributed by atoms with Crippen LogP contribution >= 0.6 is 0 Å². The second-order valence-corrected chi connectivity index (χ2v) is 5.52. The summed E-state index contributed by atoms with van der Waals surface area (Å²) in [6, 6.07) is 10.8. The maximum Gasteiger partial charge on any atom is 0.0536 e. The van der Waals surface area contributed by atoms with Crippen molar-refractivity contribution in [3.8, 4) is 0 Å². The van der Waals surface area contributed by atoms with Crippen LogP contribution in [0.2, 0.25) is 0 Å². The fraction of sp³-hybridized carbons (Fsp3) is 0.571. The van der Waals surface area contributed by atoms with E-state index in [9.17, 15) is 0 Å². The van der Waals surface area contributed by atoms with E-state index in [-0.39, 0.29) is 0 Å². The molecule has 3 rings (SSSR count). The van der Waals surface area contributed by atoms with Crippen LogP contribution in [0, 0.1) is 11.3 Å². The summed E-state index contributed by atoms with van der Waals surface area (Å²) >= 11 is 0. The van der Waals surface area contributed by atoms with E-state index in [4.69, 9.17) is 4.74 Å². The highest BCUT2D eigenvalue weighted by Gasteiger charge is 2.46. The van der Waals surface area contributed by atoms with E-state index in [2.05, 4.69) is 42.2 Å². The molecule has 0 saturated carbocycles. The minimum atomic E-state index is 0.411. The number of benzene rings is 1. The summed E-state index contributed by atoms with van der Waals surface area (Å²) in [5.74, 6) is 0.746. The maximum atomic E-state index is 5.59. The van der Waals surface area contributed by atoms with Gasteiger partial charge in [-0.25, -0.2) is 0 Å². The molecule has 2 aliphatic heterocycles. The van der Waals surface area contributed by atoms with Crippen LogP contribution in [0.4, 0.5) is 0 Å². The third-order valence-electron chi connectivity index (χ3n) is 4.05. The lowest BCUT2D eigenvalue weighted by Crippen LogP contribution is -2.27. The van der Waals surface area contributed by atoms with Gasteiger partial charge in [-0.2, -0.15) is 0 Å². The lowest BCUT2D eigenvalue weighted by molar-refractivity contribution is 0.133. The molecule has 0 radical (unpaired) electrons. The highest BCUT2D eigenvalue weighted by molar-refractivity contribution is 5.15. The second-order valence-electron chi connectivity index (χ2n) is 5.52. The van der Waals surface area contributed by atoms with Gasteiger partial charge in [0.1, 0.15) is 0 Å². The zero-order valence-electron chi connectivity index (χ0n) is 9.86. The van der Waals surface area contributed by atoms with Gasteiger partial charge in [-0.3, -0.25) is 4.90 Å². The highest BCUT2D eigenvalue weighted by Crippen LogP contribution is 2.40. The average Bonchev–Trinajstić information content (AvgIpc) is 2.74. The van der Waals surface area contributed by atoms with Crippen molar-refractivity contribution in [2.45, 2.75) is 13.5 Å². The normalized spacial score (nSPS) is 34.2. The fourth-order valence-electron chi connectivity index (χ4n) is 3.05. The topological polar surface area (TPSA) is 12.5 Å². The van der Waals surface area contributed by atoms with Crippen LogP contribution in [0.1, 0.15) is 12.5 Å². The van der Waals surface area contributed by atoms with Crippen LogP contribution in [0.5, 0.6) is 0 Å². The van der Waals surface area contributed by atoms with Crippen molar-refractivity contribution >= 4 is 0 Å². The lowest BCUT2D eigenvalue weighted by atomic mass is 9.83. The van der Waals surface area contributed by atoms with Crippen LogP contribution in [0.3, 0.4) is 0 Å². The van der Waals surface area contributed by atoms with Crippen molar-refractivity contribution in [3.05, 3.63) is 35.9 Å². The van der Waals surface area contributed by atoms with Crippen molar-refractivity contribution in [2.24, 2.45) is 11.3 Å². The molecule has 2 heterocycles. The van der Waals surface area contributed by atoms with Crippen molar-refractivity contribution < 1.29 is 4.74 Å². The maximum absolute atomic E-state index is 5.59. The minimum absolute atomic E-state index is 0.411. The van der Waals surface area contributed by atoms with Gasteiger partial charge in [0.05, 0.1) is 13.2 Å². The molecule has 1 aromatic carbocycles. The molecule has 0 aromatic heterocycles. The fourth-order valence-corrected chi connectivity index (χ4v) is 3.05. The molecule has 2 nitrogen and oxygen atoms in total. The predicted molar refractivity (Wildman–Crippen MR) is 64.1 cm³/mol. The van der Waals surface area contributed by atoms with E-state index < -0.39 is 0 Å². The number of likely N-dealkylation sites (tertiary alicyclic amines) is 1. The Balaban J connectivity index is 1.67. The molecule has 0 N–H and O–H groups in total. The first-order chi connectivity index (χ1) is 7.76. The SMILES string of the molecule is CC12COCC1CN(Cc1ccccc1)C2. The lowest BCUT2D eigenvalue weighted by Gasteiger charge is -2.21. The van der Waals surface area contributed by atoms with Gasteiger partial charge in [0.25, 0.3) is 0 Å². The van der Waals surface area contributed by atoms with Crippen LogP contribution in [-0.4, -0.2) is 31.2 Å². The van der Waals surface area contributed by atoms with Crippen molar-refractivity contribution in [3.63, 3.8) is 0 Å². The molecule has 0 aliphatic carbocycles. The summed E-state index contributed by atoms with van der Waals surface area (Å²) in [6.07, 6.45) is 0. The van der Waals surface area contributed by atoms with Gasteiger partial charge in [0, 0.05) is 31.0 Å². The number of rotatable bonds is 2. The molecule has 2 fully saturated rings. The molecule has 86 valence electrons. The molecule has 2 unspecified atom stereocenters. The van der Waals surface area contributed by atoms with Gasteiger partial charge in [-0.1, -0.05) is 37.3 Å². The van der Waals surface area contributed by atoms with Crippen LogP contribution in [0.15, 0.2) is 30.3 Å². The third-order valence-corrected chi connectivity index (χ3v) is 4.05. The molecule has 2 saturated heterocycles. The Bertz CT molecular complexity index is 364. The van der Waals surface area contributed by atoms with Crippen molar-refractivity contribution in [1.82, 2.24) is 4.90 Å². The first-order valence-electron chi connectivity index (χ1n) is 6.10. The molecular formula is C14H19NO. The molecule has 0 bridgehead atoms. The summed E-state index contributed by atoms with van der Waals surface area (Å²) in [5, 5.41) is 0. The second kappa shape index (κ2) is 3.86. The van der Waals surface area contributed by atoms with Crippen molar-refractivity contribution in [2.75, 3.05) is 26.3 Å². The van der Waals surface area contributed by atoms with Crippen LogP contribution in [-0.2, 0) is 11.3 Å². The van der Waals surface area contributed by atoms with Crippen molar-refractivity contribution in [1.29, 1.82) is 0 Å². The number of nitrogens with zero attached hydrogens (tertiary/aromatic N) is 1. The monoisotopic (exact) mass is 217 g/mol. The Kier molecular flexibility index (Phi) is 2.49.